The van der Waals surface area contributed by atoms with Gasteiger partial charge in [0.15, 0.2) is 0 Å². The first-order valence-corrected chi connectivity index (χ1v) is 6.37. The van der Waals surface area contributed by atoms with Crippen molar-refractivity contribution in [2.75, 3.05) is 13.2 Å². The topological polar surface area (TPSA) is 52.6 Å². The van der Waals surface area contributed by atoms with Crippen molar-refractivity contribution in [3.63, 3.8) is 0 Å². The molecule has 0 radical (unpaired) electrons. The normalized spacial score (nSPS) is 10.4. The Kier molecular flexibility index (Phi) is 9.49. The number of rotatable bonds is 9. The molecule has 0 bridgehead atoms. The predicted molar refractivity (Wildman–Crippen MR) is 65.5 cm³/mol. The fourth-order valence-corrected chi connectivity index (χ4v) is 1.15. The van der Waals surface area contributed by atoms with E-state index in [2.05, 4.69) is 6.92 Å². The molecular weight excluding hydrogens is 220 g/mol. The van der Waals surface area contributed by atoms with Crippen LogP contribution in [0.5, 0.6) is 0 Å². The van der Waals surface area contributed by atoms with Crippen LogP contribution in [-0.2, 0) is 19.1 Å². The molecule has 4 nitrogen and oxygen atoms in total. The minimum Gasteiger partial charge on any atom is -0.466 e. The van der Waals surface area contributed by atoms with E-state index in [-0.39, 0.29) is 24.8 Å². The number of carbonyl (C=O) groups is 2. The highest BCUT2D eigenvalue weighted by Crippen LogP contribution is 2.01. The molecule has 0 saturated heterocycles. The summed E-state index contributed by atoms with van der Waals surface area (Å²) in [6.07, 6.45) is 3.27. The van der Waals surface area contributed by atoms with E-state index in [1.165, 1.54) is 0 Å². The summed E-state index contributed by atoms with van der Waals surface area (Å²) in [5, 5.41) is 0. The zero-order chi connectivity index (χ0) is 13.1. The summed E-state index contributed by atoms with van der Waals surface area (Å²) in [5.41, 5.74) is 0. The average molecular weight is 244 g/mol. The fourth-order valence-electron chi connectivity index (χ4n) is 1.15. The molecule has 0 aromatic carbocycles. The van der Waals surface area contributed by atoms with Crippen molar-refractivity contribution in [2.45, 2.75) is 52.9 Å². The standard InChI is InChI=1S/C13H24O4/c1-4-5-6-9-16-12(14)7-8-13(15)17-10-11(2)3/h11H,4-10H2,1-3H3. The summed E-state index contributed by atoms with van der Waals surface area (Å²) in [6.45, 7) is 6.88. The van der Waals surface area contributed by atoms with Gasteiger partial charge in [0, 0.05) is 0 Å². The van der Waals surface area contributed by atoms with Gasteiger partial charge in [0.05, 0.1) is 26.1 Å². The molecule has 0 saturated carbocycles. The van der Waals surface area contributed by atoms with E-state index in [0.717, 1.165) is 19.3 Å². The van der Waals surface area contributed by atoms with Gasteiger partial charge >= 0.3 is 11.9 Å². The summed E-state index contributed by atoms with van der Waals surface area (Å²) in [5.74, 6) is -0.327. The molecule has 0 amide bonds. The first-order chi connectivity index (χ1) is 8.06. The highest BCUT2D eigenvalue weighted by atomic mass is 16.5. The SMILES string of the molecule is CCCCCOC(=O)CCC(=O)OCC(C)C. The number of esters is 2. The number of carbonyl (C=O) groups excluding carboxylic acids is 2. The minimum atomic E-state index is -0.329. The third kappa shape index (κ3) is 11.2. The lowest BCUT2D eigenvalue weighted by atomic mass is 10.2. The molecule has 0 aromatic rings. The first-order valence-electron chi connectivity index (χ1n) is 6.37. The Morgan fingerprint density at radius 2 is 1.59 bits per heavy atom. The Morgan fingerprint density at radius 3 is 2.12 bits per heavy atom. The van der Waals surface area contributed by atoms with Gasteiger partial charge in [-0.25, -0.2) is 0 Å². The van der Waals surface area contributed by atoms with Gasteiger partial charge in [-0.05, 0) is 12.3 Å². The second kappa shape index (κ2) is 10.1. The monoisotopic (exact) mass is 244 g/mol. The highest BCUT2D eigenvalue weighted by molar-refractivity contribution is 5.77. The Labute approximate surface area is 104 Å². The summed E-state index contributed by atoms with van der Waals surface area (Å²) in [6, 6.07) is 0. The molecule has 0 rings (SSSR count). The van der Waals surface area contributed by atoms with E-state index in [1.807, 2.05) is 13.8 Å². The van der Waals surface area contributed by atoms with E-state index >= 15 is 0 Å². The molecule has 17 heavy (non-hydrogen) atoms. The Bertz CT molecular complexity index is 223. The molecule has 0 aliphatic heterocycles. The molecule has 0 aliphatic rings. The van der Waals surface area contributed by atoms with Gasteiger partial charge in [-0.15, -0.1) is 0 Å². The molecule has 4 heteroatoms. The molecule has 0 unspecified atom stereocenters. The maximum absolute atomic E-state index is 11.2. The maximum atomic E-state index is 11.2. The van der Waals surface area contributed by atoms with Crippen LogP contribution in [0.2, 0.25) is 0 Å². The minimum absolute atomic E-state index is 0.110. The largest absolute Gasteiger partial charge is 0.466 e. The number of hydrogen-bond acceptors (Lipinski definition) is 4. The second-order valence-corrected chi connectivity index (χ2v) is 4.50. The lowest BCUT2D eigenvalue weighted by Crippen LogP contribution is -2.13. The van der Waals surface area contributed by atoms with E-state index in [9.17, 15) is 9.59 Å². The smallest absolute Gasteiger partial charge is 0.306 e. The van der Waals surface area contributed by atoms with Gasteiger partial charge < -0.3 is 9.47 Å². The van der Waals surface area contributed by atoms with Crippen molar-refractivity contribution in [3.05, 3.63) is 0 Å². The predicted octanol–water partition coefficient (Wildman–Crippen LogP) is 2.70. The van der Waals surface area contributed by atoms with Crippen LogP contribution in [0.1, 0.15) is 52.9 Å². The molecule has 0 atom stereocenters. The van der Waals surface area contributed by atoms with E-state index in [4.69, 9.17) is 9.47 Å². The van der Waals surface area contributed by atoms with Gasteiger partial charge in [-0.2, -0.15) is 0 Å². The third-order valence-corrected chi connectivity index (χ3v) is 2.12. The highest BCUT2D eigenvalue weighted by Gasteiger charge is 2.09. The van der Waals surface area contributed by atoms with Crippen LogP contribution in [0.25, 0.3) is 0 Å². The van der Waals surface area contributed by atoms with Crippen LogP contribution in [0, 0.1) is 5.92 Å². The molecule has 0 fully saturated rings. The molecule has 0 aromatic heterocycles. The summed E-state index contributed by atoms with van der Waals surface area (Å²) >= 11 is 0. The zero-order valence-corrected chi connectivity index (χ0v) is 11.2. The first kappa shape index (κ1) is 15.9. The zero-order valence-electron chi connectivity index (χ0n) is 11.2. The van der Waals surface area contributed by atoms with Crippen molar-refractivity contribution in [3.8, 4) is 0 Å². The van der Waals surface area contributed by atoms with E-state index in [0.29, 0.717) is 19.1 Å². The molecule has 0 aliphatic carbocycles. The number of ether oxygens (including phenoxy) is 2. The lowest BCUT2D eigenvalue weighted by molar-refractivity contribution is -0.151. The molecule has 0 spiro atoms. The van der Waals surface area contributed by atoms with Crippen molar-refractivity contribution in [1.82, 2.24) is 0 Å². The molecule has 100 valence electrons. The van der Waals surface area contributed by atoms with Gasteiger partial charge in [-0.3, -0.25) is 9.59 Å². The van der Waals surface area contributed by atoms with Gasteiger partial charge in [0.1, 0.15) is 0 Å². The Morgan fingerprint density at radius 1 is 1.00 bits per heavy atom. The molecule has 0 N–H and O–H groups in total. The van der Waals surface area contributed by atoms with E-state index in [1.54, 1.807) is 0 Å². The summed E-state index contributed by atoms with van der Waals surface area (Å²) in [7, 11) is 0. The number of unbranched alkanes of at least 4 members (excludes halogenated alkanes) is 2. The Hall–Kier alpha value is -1.06. The molecule has 0 heterocycles. The van der Waals surface area contributed by atoms with Crippen molar-refractivity contribution >= 4 is 11.9 Å². The van der Waals surface area contributed by atoms with Gasteiger partial charge in [-0.1, -0.05) is 33.6 Å². The fraction of sp³-hybridized carbons (Fsp3) is 0.846. The van der Waals surface area contributed by atoms with Crippen LogP contribution < -0.4 is 0 Å². The van der Waals surface area contributed by atoms with Crippen LogP contribution in [0.15, 0.2) is 0 Å². The van der Waals surface area contributed by atoms with Crippen molar-refractivity contribution in [1.29, 1.82) is 0 Å². The van der Waals surface area contributed by atoms with Gasteiger partial charge in [0.2, 0.25) is 0 Å². The summed E-state index contributed by atoms with van der Waals surface area (Å²) < 4.78 is 9.92. The number of hydrogen-bond donors (Lipinski definition) is 0. The van der Waals surface area contributed by atoms with Crippen LogP contribution >= 0.6 is 0 Å². The lowest BCUT2D eigenvalue weighted by Gasteiger charge is -2.07. The van der Waals surface area contributed by atoms with Crippen LogP contribution in [0.4, 0.5) is 0 Å². The Balaban J connectivity index is 3.45. The maximum Gasteiger partial charge on any atom is 0.306 e. The van der Waals surface area contributed by atoms with E-state index < -0.39 is 0 Å². The quantitative estimate of drug-likeness (QED) is 0.462. The van der Waals surface area contributed by atoms with Crippen molar-refractivity contribution in [2.24, 2.45) is 5.92 Å². The third-order valence-electron chi connectivity index (χ3n) is 2.12. The van der Waals surface area contributed by atoms with Crippen LogP contribution in [-0.4, -0.2) is 25.2 Å². The van der Waals surface area contributed by atoms with Crippen molar-refractivity contribution < 1.29 is 19.1 Å². The van der Waals surface area contributed by atoms with Gasteiger partial charge in [0.25, 0.3) is 0 Å². The average Bonchev–Trinajstić information content (AvgIpc) is 2.29. The molecular formula is C13H24O4. The summed E-state index contributed by atoms with van der Waals surface area (Å²) in [4.78, 5) is 22.4. The van der Waals surface area contributed by atoms with Crippen LogP contribution in [0.3, 0.4) is 0 Å². The second-order valence-electron chi connectivity index (χ2n) is 4.50.